The number of aryl methyl sites for hydroxylation is 1. The number of carbonyl (C=O) groups is 2. The van der Waals surface area contributed by atoms with E-state index in [0.717, 1.165) is 11.3 Å². The standard InChI is InChI=1S/C27H30N4O3/c1-20(2)16-31(27(33)29-24-11-7-10-23(14-24)15-28)19-26(32)30(17-22-8-5-4-6-9-22)18-25-13-12-21(3)34-25/h4-14,20H,16-19H2,1-3H3,(H,29,33). The number of rotatable bonds is 9. The minimum Gasteiger partial charge on any atom is -0.464 e. The largest absolute Gasteiger partial charge is 0.464 e. The van der Waals surface area contributed by atoms with Crippen molar-refractivity contribution < 1.29 is 14.0 Å². The van der Waals surface area contributed by atoms with Gasteiger partial charge in [-0.05, 0) is 48.7 Å². The van der Waals surface area contributed by atoms with Gasteiger partial charge in [0.15, 0.2) is 0 Å². The predicted octanol–water partition coefficient (Wildman–Crippen LogP) is 5.18. The number of furan rings is 1. The monoisotopic (exact) mass is 458 g/mol. The Morgan fingerprint density at radius 2 is 1.76 bits per heavy atom. The first kappa shape index (κ1) is 24.6. The van der Waals surface area contributed by atoms with Crippen molar-refractivity contribution in [1.82, 2.24) is 9.80 Å². The van der Waals surface area contributed by atoms with Crippen molar-refractivity contribution in [2.75, 3.05) is 18.4 Å². The van der Waals surface area contributed by atoms with Crippen molar-refractivity contribution in [2.45, 2.75) is 33.9 Å². The third-order valence-electron chi connectivity index (χ3n) is 5.15. The van der Waals surface area contributed by atoms with Crippen LogP contribution in [-0.4, -0.2) is 34.8 Å². The lowest BCUT2D eigenvalue weighted by Crippen LogP contribution is -2.45. The third-order valence-corrected chi connectivity index (χ3v) is 5.15. The van der Waals surface area contributed by atoms with Gasteiger partial charge in [-0.1, -0.05) is 50.2 Å². The van der Waals surface area contributed by atoms with Gasteiger partial charge in [-0.2, -0.15) is 5.26 Å². The maximum Gasteiger partial charge on any atom is 0.322 e. The summed E-state index contributed by atoms with van der Waals surface area (Å²) in [4.78, 5) is 29.7. The zero-order valence-electron chi connectivity index (χ0n) is 19.8. The molecule has 1 N–H and O–H groups in total. The number of hydrogen-bond donors (Lipinski definition) is 1. The average molecular weight is 459 g/mol. The van der Waals surface area contributed by atoms with E-state index >= 15 is 0 Å². The zero-order chi connectivity index (χ0) is 24.5. The Hall–Kier alpha value is -4.05. The molecule has 0 saturated carbocycles. The van der Waals surface area contributed by atoms with E-state index < -0.39 is 0 Å². The molecule has 3 aromatic rings. The van der Waals surface area contributed by atoms with E-state index in [9.17, 15) is 9.59 Å². The van der Waals surface area contributed by atoms with Gasteiger partial charge in [0, 0.05) is 18.8 Å². The van der Waals surface area contributed by atoms with E-state index in [-0.39, 0.29) is 24.4 Å². The van der Waals surface area contributed by atoms with Gasteiger partial charge in [0.05, 0.1) is 18.2 Å². The van der Waals surface area contributed by atoms with Crippen LogP contribution in [-0.2, 0) is 17.9 Å². The Morgan fingerprint density at radius 1 is 1.00 bits per heavy atom. The van der Waals surface area contributed by atoms with Gasteiger partial charge in [0.25, 0.3) is 0 Å². The highest BCUT2D eigenvalue weighted by Crippen LogP contribution is 2.15. The lowest BCUT2D eigenvalue weighted by molar-refractivity contribution is -0.133. The number of anilines is 1. The second-order valence-corrected chi connectivity index (χ2v) is 8.64. The van der Waals surface area contributed by atoms with Gasteiger partial charge in [-0.15, -0.1) is 0 Å². The number of amides is 3. The topological polar surface area (TPSA) is 89.6 Å². The van der Waals surface area contributed by atoms with Gasteiger partial charge in [-0.25, -0.2) is 4.79 Å². The summed E-state index contributed by atoms with van der Waals surface area (Å²) in [6.07, 6.45) is 0. The van der Waals surface area contributed by atoms with Crippen LogP contribution < -0.4 is 5.32 Å². The van der Waals surface area contributed by atoms with Gasteiger partial charge in [-0.3, -0.25) is 4.79 Å². The van der Waals surface area contributed by atoms with Crippen molar-refractivity contribution in [2.24, 2.45) is 5.92 Å². The van der Waals surface area contributed by atoms with Crippen molar-refractivity contribution in [3.63, 3.8) is 0 Å². The molecule has 0 bridgehead atoms. The fraction of sp³-hybridized carbons (Fsp3) is 0.296. The molecule has 0 aliphatic carbocycles. The van der Waals surface area contributed by atoms with Crippen molar-refractivity contribution in [3.05, 3.63) is 89.4 Å². The molecule has 2 aromatic carbocycles. The Labute approximate surface area is 200 Å². The summed E-state index contributed by atoms with van der Waals surface area (Å²) in [5.74, 6) is 1.45. The molecule has 0 fully saturated rings. The third kappa shape index (κ3) is 7.24. The fourth-order valence-corrected chi connectivity index (χ4v) is 3.59. The van der Waals surface area contributed by atoms with E-state index in [0.29, 0.717) is 36.6 Å². The Bertz CT molecular complexity index is 1150. The lowest BCUT2D eigenvalue weighted by atomic mass is 10.2. The molecule has 1 aromatic heterocycles. The van der Waals surface area contributed by atoms with Crippen LogP contribution in [0.25, 0.3) is 0 Å². The molecule has 176 valence electrons. The van der Waals surface area contributed by atoms with Gasteiger partial charge in [0.1, 0.15) is 18.1 Å². The van der Waals surface area contributed by atoms with Gasteiger partial charge < -0.3 is 19.5 Å². The average Bonchev–Trinajstić information content (AvgIpc) is 3.23. The zero-order valence-corrected chi connectivity index (χ0v) is 19.8. The number of nitriles is 1. The second-order valence-electron chi connectivity index (χ2n) is 8.64. The van der Waals surface area contributed by atoms with Crippen LogP contribution in [0.1, 0.15) is 36.5 Å². The van der Waals surface area contributed by atoms with E-state index in [1.807, 2.05) is 63.2 Å². The number of benzene rings is 2. The number of urea groups is 1. The summed E-state index contributed by atoms with van der Waals surface area (Å²) < 4.78 is 5.71. The molecular weight excluding hydrogens is 428 g/mol. The first-order chi connectivity index (χ1) is 16.3. The molecule has 7 nitrogen and oxygen atoms in total. The van der Waals surface area contributed by atoms with Crippen LogP contribution in [0.2, 0.25) is 0 Å². The summed E-state index contributed by atoms with van der Waals surface area (Å²) in [5.41, 5.74) is 1.96. The highest BCUT2D eigenvalue weighted by Gasteiger charge is 2.23. The highest BCUT2D eigenvalue weighted by atomic mass is 16.3. The van der Waals surface area contributed by atoms with Crippen LogP contribution in [0.4, 0.5) is 10.5 Å². The van der Waals surface area contributed by atoms with Crippen molar-refractivity contribution in [1.29, 1.82) is 5.26 Å². The number of hydrogen-bond acceptors (Lipinski definition) is 4. The smallest absolute Gasteiger partial charge is 0.322 e. The van der Waals surface area contributed by atoms with Crippen LogP contribution >= 0.6 is 0 Å². The van der Waals surface area contributed by atoms with E-state index in [4.69, 9.17) is 9.68 Å². The molecule has 3 amide bonds. The highest BCUT2D eigenvalue weighted by molar-refractivity contribution is 5.92. The number of nitrogens with zero attached hydrogens (tertiary/aromatic N) is 3. The van der Waals surface area contributed by atoms with E-state index in [1.165, 1.54) is 4.90 Å². The minimum absolute atomic E-state index is 0.0749. The van der Waals surface area contributed by atoms with Crippen LogP contribution in [0.3, 0.4) is 0 Å². The molecule has 0 unspecified atom stereocenters. The number of carbonyl (C=O) groups excluding carboxylic acids is 2. The SMILES string of the molecule is Cc1ccc(CN(Cc2ccccc2)C(=O)CN(CC(C)C)C(=O)Nc2cccc(C#N)c2)o1. The van der Waals surface area contributed by atoms with Crippen molar-refractivity contribution in [3.8, 4) is 6.07 Å². The molecule has 0 saturated heterocycles. The molecule has 0 atom stereocenters. The van der Waals surface area contributed by atoms with Crippen LogP contribution in [0, 0.1) is 24.2 Å². The summed E-state index contributed by atoms with van der Waals surface area (Å²) in [6.45, 7) is 6.90. The molecule has 3 rings (SSSR count). The Kier molecular flexibility index (Phi) is 8.47. The van der Waals surface area contributed by atoms with E-state index in [1.54, 1.807) is 29.2 Å². The second kappa shape index (κ2) is 11.7. The maximum atomic E-state index is 13.4. The summed E-state index contributed by atoms with van der Waals surface area (Å²) in [6, 6.07) is 21.8. The van der Waals surface area contributed by atoms with E-state index in [2.05, 4.69) is 11.4 Å². The minimum atomic E-state index is -0.384. The van der Waals surface area contributed by atoms with Crippen LogP contribution in [0.15, 0.2) is 71.1 Å². The molecular formula is C27H30N4O3. The lowest BCUT2D eigenvalue weighted by Gasteiger charge is -2.28. The summed E-state index contributed by atoms with van der Waals surface area (Å²) >= 11 is 0. The molecule has 0 aliphatic heterocycles. The van der Waals surface area contributed by atoms with Crippen LogP contribution in [0.5, 0.6) is 0 Å². The predicted molar refractivity (Wildman–Crippen MR) is 131 cm³/mol. The van der Waals surface area contributed by atoms with Gasteiger partial charge >= 0.3 is 6.03 Å². The summed E-state index contributed by atoms with van der Waals surface area (Å²) in [7, 11) is 0. The molecule has 0 spiro atoms. The van der Waals surface area contributed by atoms with Gasteiger partial charge in [0.2, 0.25) is 5.91 Å². The molecule has 34 heavy (non-hydrogen) atoms. The Morgan fingerprint density at radius 3 is 2.41 bits per heavy atom. The quantitative estimate of drug-likeness (QED) is 0.478. The fourth-order valence-electron chi connectivity index (χ4n) is 3.59. The Balaban J connectivity index is 1.77. The van der Waals surface area contributed by atoms with Crippen molar-refractivity contribution >= 4 is 17.6 Å². The molecule has 7 heteroatoms. The summed E-state index contributed by atoms with van der Waals surface area (Å²) in [5, 5.41) is 11.9. The maximum absolute atomic E-state index is 13.4. The molecule has 1 heterocycles. The first-order valence-corrected chi connectivity index (χ1v) is 11.3. The molecule has 0 aliphatic rings. The normalized spacial score (nSPS) is 10.6. The number of nitrogens with one attached hydrogen (secondary N) is 1. The first-order valence-electron chi connectivity index (χ1n) is 11.3. The molecule has 0 radical (unpaired) electrons.